The summed E-state index contributed by atoms with van der Waals surface area (Å²) >= 11 is -1.91. The van der Waals surface area contributed by atoms with Gasteiger partial charge in [-0.2, -0.15) is 0 Å². The van der Waals surface area contributed by atoms with Crippen molar-refractivity contribution < 1.29 is 53.3 Å². The predicted molar refractivity (Wildman–Crippen MR) is 55.4 cm³/mol. The van der Waals surface area contributed by atoms with Gasteiger partial charge >= 0.3 is 35.5 Å². The maximum absolute atomic E-state index is 10.7. The van der Waals surface area contributed by atoms with Crippen molar-refractivity contribution in [2.75, 3.05) is 12.9 Å². The van der Waals surface area contributed by atoms with Crippen LogP contribution in [-0.4, -0.2) is 33.1 Å². The number of hydrogen-bond acceptors (Lipinski definition) is 5. The predicted octanol–water partition coefficient (Wildman–Crippen LogP) is -1.79. The molecule has 0 heterocycles. The first-order chi connectivity index (χ1) is 6.66. The molecule has 0 aromatic carbocycles. The zero-order valence-corrected chi connectivity index (χ0v) is 12.8. The van der Waals surface area contributed by atoms with Crippen LogP contribution in [0.15, 0.2) is 0 Å². The van der Waals surface area contributed by atoms with E-state index in [0.29, 0.717) is 12.8 Å². The van der Waals surface area contributed by atoms with Gasteiger partial charge in [-0.05, 0) is 12.8 Å². The number of carbonyl (C=O) groups excluding carboxylic acids is 1. The molecule has 1 atom stereocenters. The standard InChI is InChI=1S/C9H18O4S.Na.H2O/c1-13-9(10)7-5-3-2-4-6-8-14(11)12;;/h2-8H2,1H3,(H,11,12);;1H2/q;+1;/p-2. The molecule has 0 aliphatic carbocycles. The summed E-state index contributed by atoms with van der Waals surface area (Å²) < 4.78 is 24.8. The van der Waals surface area contributed by atoms with Crippen molar-refractivity contribution >= 4 is 17.0 Å². The van der Waals surface area contributed by atoms with Gasteiger partial charge in [0.15, 0.2) is 0 Å². The zero-order chi connectivity index (χ0) is 10.8. The van der Waals surface area contributed by atoms with Crippen LogP contribution in [0.5, 0.6) is 0 Å². The molecular formula is C9H18NaO5S-. The van der Waals surface area contributed by atoms with Gasteiger partial charge in [-0.15, -0.1) is 0 Å². The van der Waals surface area contributed by atoms with Crippen LogP contribution in [0.3, 0.4) is 0 Å². The second kappa shape index (κ2) is 15.5. The number of esters is 1. The number of methoxy groups -OCH3 is 1. The molecule has 0 amide bonds. The van der Waals surface area contributed by atoms with E-state index in [1.165, 1.54) is 7.11 Å². The average molecular weight is 261 g/mol. The molecule has 0 rings (SSSR count). The summed E-state index contributed by atoms with van der Waals surface area (Å²) in [6.45, 7) is 0. The van der Waals surface area contributed by atoms with E-state index in [0.717, 1.165) is 25.7 Å². The average Bonchev–Trinajstić information content (AvgIpc) is 2.15. The van der Waals surface area contributed by atoms with E-state index in [2.05, 4.69) is 4.74 Å². The van der Waals surface area contributed by atoms with Crippen LogP contribution in [0.2, 0.25) is 0 Å². The van der Waals surface area contributed by atoms with Gasteiger partial charge in [0, 0.05) is 12.2 Å². The fourth-order valence-corrected chi connectivity index (χ4v) is 1.56. The molecule has 0 fully saturated rings. The van der Waals surface area contributed by atoms with Crippen molar-refractivity contribution in [2.45, 2.75) is 38.5 Å². The van der Waals surface area contributed by atoms with Gasteiger partial charge in [-0.25, -0.2) is 0 Å². The molecule has 92 valence electrons. The quantitative estimate of drug-likeness (QED) is 0.222. The summed E-state index contributed by atoms with van der Waals surface area (Å²) in [5, 5.41) is 0. The molecule has 0 aliphatic rings. The van der Waals surface area contributed by atoms with Crippen LogP contribution in [-0.2, 0) is 20.6 Å². The van der Waals surface area contributed by atoms with E-state index >= 15 is 0 Å². The van der Waals surface area contributed by atoms with Crippen molar-refractivity contribution in [1.82, 2.24) is 0 Å². The third-order valence-corrected chi connectivity index (χ3v) is 2.54. The molecule has 1 N–H and O–H groups in total. The third-order valence-electron chi connectivity index (χ3n) is 1.92. The molecule has 0 aliphatic heterocycles. The third kappa shape index (κ3) is 17.0. The van der Waals surface area contributed by atoms with Crippen LogP contribution >= 0.6 is 0 Å². The second-order valence-electron chi connectivity index (χ2n) is 3.10. The Bertz CT molecular complexity index is 189. The first kappa shape index (κ1) is 21.8. The Labute approximate surface area is 121 Å². The number of hydrogen-bond donors (Lipinski definition) is 0. The first-order valence-electron chi connectivity index (χ1n) is 4.79. The summed E-state index contributed by atoms with van der Waals surface area (Å²) in [7, 11) is 1.38. The second-order valence-corrected chi connectivity index (χ2v) is 4.12. The SMILES string of the molecule is COC(=O)CCCCCCCS(=O)[O-].[Na+].[OH-]. The van der Waals surface area contributed by atoms with E-state index in [-0.39, 0.29) is 46.8 Å². The molecule has 7 heteroatoms. The molecule has 0 saturated carbocycles. The summed E-state index contributed by atoms with van der Waals surface area (Å²) in [5.41, 5.74) is 0. The normalized spacial score (nSPS) is 10.9. The number of unbranched alkanes of at least 4 members (excludes halogenated alkanes) is 4. The summed E-state index contributed by atoms with van der Waals surface area (Å²) in [6.07, 6.45) is 4.86. The molecule has 0 aromatic heterocycles. The van der Waals surface area contributed by atoms with Gasteiger partial charge in [0.2, 0.25) is 0 Å². The minimum Gasteiger partial charge on any atom is -0.870 e. The minimum atomic E-state index is -1.91. The van der Waals surface area contributed by atoms with E-state index in [1.807, 2.05) is 0 Å². The van der Waals surface area contributed by atoms with Gasteiger partial charge in [-0.3, -0.25) is 9.00 Å². The van der Waals surface area contributed by atoms with Crippen LogP contribution in [0.25, 0.3) is 0 Å². The fraction of sp³-hybridized carbons (Fsp3) is 0.889. The smallest absolute Gasteiger partial charge is 0.870 e. The molecule has 0 aromatic rings. The van der Waals surface area contributed by atoms with Gasteiger partial charge in [0.05, 0.1) is 7.11 Å². The van der Waals surface area contributed by atoms with Gasteiger partial charge in [0.25, 0.3) is 0 Å². The van der Waals surface area contributed by atoms with Crippen LogP contribution < -0.4 is 29.6 Å². The van der Waals surface area contributed by atoms with Crippen LogP contribution in [0, 0.1) is 0 Å². The Kier molecular flexibility index (Phi) is 21.2. The first-order valence-corrected chi connectivity index (χ1v) is 6.04. The number of rotatable bonds is 8. The largest absolute Gasteiger partial charge is 1.00 e. The van der Waals surface area contributed by atoms with Crippen LogP contribution in [0.1, 0.15) is 38.5 Å². The van der Waals surface area contributed by atoms with E-state index in [9.17, 15) is 13.6 Å². The van der Waals surface area contributed by atoms with Crippen molar-refractivity contribution in [3.63, 3.8) is 0 Å². The molecule has 1 unspecified atom stereocenters. The monoisotopic (exact) mass is 261 g/mol. The Morgan fingerprint density at radius 1 is 1.19 bits per heavy atom. The number of ether oxygens (including phenoxy) is 1. The van der Waals surface area contributed by atoms with E-state index in [4.69, 9.17) is 0 Å². The Hall–Kier alpha value is 0.540. The summed E-state index contributed by atoms with van der Waals surface area (Å²) in [5.74, 6) is 0.0717. The minimum absolute atomic E-state index is 0. The molecule has 5 nitrogen and oxygen atoms in total. The number of carbonyl (C=O) groups is 1. The van der Waals surface area contributed by atoms with Crippen molar-refractivity contribution in [1.29, 1.82) is 0 Å². The topological polar surface area (TPSA) is 96.4 Å². The Balaban J connectivity index is -0.000000845. The van der Waals surface area contributed by atoms with Gasteiger partial charge in [-0.1, -0.05) is 30.3 Å². The van der Waals surface area contributed by atoms with Crippen molar-refractivity contribution in [3.05, 3.63) is 0 Å². The van der Waals surface area contributed by atoms with Crippen molar-refractivity contribution in [3.8, 4) is 0 Å². The molecule has 0 radical (unpaired) electrons. The van der Waals surface area contributed by atoms with E-state index < -0.39 is 11.1 Å². The maximum Gasteiger partial charge on any atom is 1.00 e. The maximum atomic E-state index is 10.7. The van der Waals surface area contributed by atoms with Gasteiger partial charge < -0.3 is 14.8 Å². The fourth-order valence-electron chi connectivity index (χ4n) is 1.12. The molecular weight excluding hydrogens is 243 g/mol. The molecule has 0 saturated heterocycles. The summed E-state index contributed by atoms with van der Waals surface area (Å²) in [6, 6.07) is 0. The van der Waals surface area contributed by atoms with E-state index in [1.54, 1.807) is 0 Å². The molecule has 0 bridgehead atoms. The Morgan fingerprint density at radius 2 is 1.69 bits per heavy atom. The Morgan fingerprint density at radius 3 is 2.19 bits per heavy atom. The van der Waals surface area contributed by atoms with Crippen molar-refractivity contribution in [2.24, 2.45) is 0 Å². The zero-order valence-electron chi connectivity index (χ0n) is 9.94. The molecule has 0 spiro atoms. The molecule has 16 heavy (non-hydrogen) atoms. The van der Waals surface area contributed by atoms with Gasteiger partial charge in [0.1, 0.15) is 0 Å². The summed E-state index contributed by atoms with van der Waals surface area (Å²) in [4.78, 5) is 10.7. The van der Waals surface area contributed by atoms with Crippen LogP contribution in [0.4, 0.5) is 0 Å².